The van der Waals surface area contributed by atoms with Crippen LogP contribution in [0.2, 0.25) is 5.28 Å². The molecule has 12 heteroatoms. The van der Waals surface area contributed by atoms with Crippen LogP contribution in [0.25, 0.3) is 0 Å². The molecule has 0 bridgehead atoms. The molecule has 2 atom stereocenters. The van der Waals surface area contributed by atoms with Gasteiger partial charge in [-0.25, -0.2) is 10.5 Å². The predicted molar refractivity (Wildman–Crippen MR) is 123 cm³/mol. The highest BCUT2D eigenvalue weighted by molar-refractivity contribution is 6.28. The number of rotatable bonds is 12. The van der Waals surface area contributed by atoms with Gasteiger partial charge in [0, 0.05) is 31.6 Å². The number of benzene rings is 1. The number of nitrogens with zero attached hydrogens (tertiary/aromatic N) is 2. The van der Waals surface area contributed by atoms with E-state index in [-0.39, 0.29) is 30.1 Å². The van der Waals surface area contributed by atoms with Gasteiger partial charge in [-0.3, -0.25) is 19.6 Å². The Morgan fingerprint density at radius 2 is 1.76 bits per heavy atom. The Labute approximate surface area is 202 Å². The largest absolute Gasteiger partial charge is 0.491 e. The van der Waals surface area contributed by atoms with Gasteiger partial charge in [-0.2, -0.15) is 4.98 Å². The molecule has 3 amide bonds. The average molecular weight is 494 g/mol. The Balaban J connectivity index is 2.00. The molecule has 11 nitrogen and oxygen atoms in total. The molecule has 34 heavy (non-hydrogen) atoms. The Morgan fingerprint density at radius 3 is 2.35 bits per heavy atom. The van der Waals surface area contributed by atoms with E-state index in [2.05, 4.69) is 20.6 Å². The van der Waals surface area contributed by atoms with Gasteiger partial charge in [0.05, 0.1) is 0 Å². The molecule has 0 radical (unpaired) electrons. The number of carbonyl (C=O) groups is 3. The Bertz CT molecular complexity index is 973. The number of hydrogen-bond donors (Lipinski definition) is 4. The molecular formula is C22H28ClN5O6. The molecule has 0 aliphatic carbocycles. The third-order valence-electron chi connectivity index (χ3n) is 4.63. The van der Waals surface area contributed by atoms with Gasteiger partial charge in [0.15, 0.2) is 0 Å². The van der Waals surface area contributed by atoms with Crippen molar-refractivity contribution in [3.8, 4) is 17.4 Å². The summed E-state index contributed by atoms with van der Waals surface area (Å²) in [7, 11) is 1.44. The second-order valence-electron chi connectivity index (χ2n) is 7.79. The lowest BCUT2D eigenvalue weighted by Gasteiger charge is -2.22. The van der Waals surface area contributed by atoms with Crippen molar-refractivity contribution < 1.29 is 29.1 Å². The van der Waals surface area contributed by atoms with Crippen LogP contribution in [0, 0.1) is 11.8 Å². The van der Waals surface area contributed by atoms with Gasteiger partial charge in [-0.1, -0.05) is 13.8 Å². The second kappa shape index (κ2) is 13.3. The summed E-state index contributed by atoms with van der Waals surface area (Å²) in [5.41, 5.74) is 1.53. The maximum atomic E-state index is 12.8. The van der Waals surface area contributed by atoms with Gasteiger partial charge in [0.1, 0.15) is 24.1 Å². The molecule has 0 saturated heterocycles. The standard InChI is InChI=1S/C22H28ClN5O6/c1-13(2)10-14(11-18(29)28-32)20(30)26-17(21(31)24-3)12-33-15-4-6-16(7-5-15)34-19-8-9-25-22(23)27-19/h4-9,13-14,17,32H,10-12H2,1-3H3,(H,24,31)(H,26,30)(H,28,29)/t14-,17+/m0/s1. The number of ether oxygens (including phenoxy) is 2. The van der Waals surface area contributed by atoms with Crippen LogP contribution in [-0.4, -0.2) is 52.6 Å². The van der Waals surface area contributed by atoms with Crippen molar-refractivity contribution >= 4 is 29.3 Å². The third kappa shape index (κ3) is 8.83. The van der Waals surface area contributed by atoms with Crippen molar-refractivity contribution in [2.24, 2.45) is 11.8 Å². The highest BCUT2D eigenvalue weighted by Gasteiger charge is 2.28. The number of halogens is 1. The lowest BCUT2D eigenvalue weighted by molar-refractivity contribution is -0.136. The fraction of sp³-hybridized carbons (Fsp3) is 0.409. The SMILES string of the molecule is CNC(=O)[C@@H](COc1ccc(Oc2ccnc(Cl)n2)cc1)NC(=O)[C@H](CC(=O)NO)CC(C)C. The summed E-state index contributed by atoms with van der Waals surface area (Å²) < 4.78 is 11.3. The predicted octanol–water partition coefficient (Wildman–Crippen LogP) is 2.09. The summed E-state index contributed by atoms with van der Waals surface area (Å²) in [6.07, 6.45) is 1.66. The van der Waals surface area contributed by atoms with Crippen LogP contribution in [-0.2, 0) is 14.4 Å². The normalized spacial score (nSPS) is 12.4. The molecule has 0 fully saturated rings. The zero-order valence-corrected chi connectivity index (χ0v) is 19.8. The summed E-state index contributed by atoms with van der Waals surface area (Å²) in [6, 6.07) is 7.12. The van der Waals surface area contributed by atoms with Gasteiger partial charge in [-0.05, 0) is 48.2 Å². The van der Waals surface area contributed by atoms with E-state index in [1.54, 1.807) is 30.3 Å². The minimum Gasteiger partial charge on any atom is -0.491 e. The van der Waals surface area contributed by atoms with Crippen molar-refractivity contribution in [1.82, 2.24) is 26.1 Å². The second-order valence-corrected chi connectivity index (χ2v) is 8.13. The van der Waals surface area contributed by atoms with Crippen LogP contribution in [0.5, 0.6) is 17.4 Å². The molecule has 0 spiro atoms. The minimum atomic E-state index is -0.997. The first-order chi connectivity index (χ1) is 16.2. The van der Waals surface area contributed by atoms with Crippen molar-refractivity contribution in [2.75, 3.05) is 13.7 Å². The number of aromatic nitrogens is 2. The summed E-state index contributed by atoms with van der Waals surface area (Å²) in [5.74, 6) is -1.01. The number of nitrogens with one attached hydrogen (secondary N) is 3. The number of hydrogen-bond acceptors (Lipinski definition) is 8. The van der Waals surface area contributed by atoms with Crippen molar-refractivity contribution in [3.05, 3.63) is 41.8 Å². The highest BCUT2D eigenvalue weighted by atomic mass is 35.5. The van der Waals surface area contributed by atoms with Gasteiger partial charge in [-0.15, -0.1) is 0 Å². The van der Waals surface area contributed by atoms with Crippen LogP contribution >= 0.6 is 11.6 Å². The smallest absolute Gasteiger partial charge is 0.245 e. The number of carbonyl (C=O) groups excluding carboxylic acids is 3. The molecule has 1 heterocycles. The summed E-state index contributed by atoms with van der Waals surface area (Å²) in [6.45, 7) is 3.67. The summed E-state index contributed by atoms with van der Waals surface area (Å²) in [4.78, 5) is 44.4. The van der Waals surface area contributed by atoms with Crippen LogP contribution < -0.4 is 25.6 Å². The van der Waals surface area contributed by atoms with Crippen molar-refractivity contribution in [1.29, 1.82) is 0 Å². The van der Waals surface area contributed by atoms with E-state index in [1.807, 2.05) is 13.8 Å². The van der Waals surface area contributed by atoms with Gasteiger partial charge >= 0.3 is 0 Å². The number of amides is 3. The van der Waals surface area contributed by atoms with Crippen molar-refractivity contribution in [2.45, 2.75) is 32.7 Å². The summed E-state index contributed by atoms with van der Waals surface area (Å²) in [5, 5.41) is 14.0. The number of likely N-dealkylation sites (N-methyl/N-ethyl adjacent to an activating group) is 1. The van der Waals surface area contributed by atoms with E-state index in [1.165, 1.54) is 18.7 Å². The zero-order valence-electron chi connectivity index (χ0n) is 19.1. The lowest BCUT2D eigenvalue weighted by atomic mass is 9.92. The Kier molecular flexibility index (Phi) is 10.5. The van der Waals surface area contributed by atoms with E-state index < -0.39 is 29.7 Å². The van der Waals surface area contributed by atoms with E-state index >= 15 is 0 Å². The molecule has 0 aliphatic heterocycles. The molecule has 4 N–H and O–H groups in total. The molecule has 0 aliphatic rings. The number of hydroxylamine groups is 1. The maximum absolute atomic E-state index is 12.8. The fourth-order valence-corrected chi connectivity index (χ4v) is 3.19. The molecule has 1 aromatic heterocycles. The molecule has 184 valence electrons. The molecule has 1 aromatic carbocycles. The summed E-state index contributed by atoms with van der Waals surface area (Å²) >= 11 is 5.74. The first kappa shape index (κ1) is 26.8. The van der Waals surface area contributed by atoms with Gasteiger partial charge in [0.25, 0.3) is 0 Å². The van der Waals surface area contributed by atoms with Crippen LogP contribution in [0.15, 0.2) is 36.5 Å². The van der Waals surface area contributed by atoms with E-state index in [0.717, 1.165) is 0 Å². The van der Waals surface area contributed by atoms with E-state index in [4.69, 9.17) is 26.3 Å². The first-order valence-corrected chi connectivity index (χ1v) is 10.9. The van der Waals surface area contributed by atoms with E-state index in [0.29, 0.717) is 17.9 Å². The molecule has 0 unspecified atom stereocenters. The molecule has 0 saturated carbocycles. The lowest BCUT2D eigenvalue weighted by Crippen LogP contribution is -2.51. The average Bonchev–Trinajstić information content (AvgIpc) is 2.81. The van der Waals surface area contributed by atoms with Gasteiger partial charge in [0.2, 0.25) is 28.9 Å². The van der Waals surface area contributed by atoms with Gasteiger partial charge < -0.3 is 20.1 Å². The fourth-order valence-electron chi connectivity index (χ4n) is 3.05. The maximum Gasteiger partial charge on any atom is 0.245 e. The monoisotopic (exact) mass is 493 g/mol. The van der Waals surface area contributed by atoms with Crippen molar-refractivity contribution in [3.63, 3.8) is 0 Å². The Hall–Kier alpha value is -3.44. The molecular weight excluding hydrogens is 466 g/mol. The first-order valence-electron chi connectivity index (χ1n) is 10.6. The van der Waals surface area contributed by atoms with Crippen LogP contribution in [0.1, 0.15) is 26.7 Å². The highest BCUT2D eigenvalue weighted by Crippen LogP contribution is 2.23. The topological polar surface area (TPSA) is 152 Å². The Morgan fingerprint density at radius 1 is 1.09 bits per heavy atom. The molecule has 2 rings (SSSR count). The zero-order chi connectivity index (χ0) is 25.1. The third-order valence-corrected chi connectivity index (χ3v) is 4.81. The van der Waals surface area contributed by atoms with Crippen LogP contribution in [0.4, 0.5) is 0 Å². The minimum absolute atomic E-state index is 0.0624. The van der Waals surface area contributed by atoms with Crippen LogP contribution in [0.3, 0.4) is 0 Å². The van der Waals surface area contributed by atoms with E-state index in [9.17, 15) is 14.4 Å². The quantitative estimate of drug-likeness (QED) is 0.199. The molecule has 2 aromatic rings.